The summed E-state index contributed by atoms with van der Waals surface area (Å²) in [5, 5.41) is 0. The molecule has 0 aliphatic heterocycles. The van der Waals surface area contributed by atoms with Crippen LogP contribution in [-0.4, -0.2) is 12.1 Å². The molecule has 0 bridgehead atoms. The molecule has 0 amide bonds. The normalized spacial score (nSPS) is 9.92. The summed E-state index contributed by atoms with van der Waals surface area (Å²) in [6.07, 6.45) is 3.95. The Morgan fingerprint density at radius 2 is 2.38 bits per heavy atom. The van der Waals surface area contributed by atoms with Gasteiger partial charge in [-0.15, -0.1) is 0 Å². The molecule has 2 aromatic rings. The van der Waals surface area contributed by atoms with Gasteiger partial charge in [-0.2, -0.15) is 0 Å². The van der Waals surface area contributed by atoms with Crippen molar-refractivity contribution in [1.82, 2.24) is 4.98 Å². The van der Waals surface area contributed by atoms with Gasteiger partial charge >= 0.3 is 0 Å². The van der Waals surface area contributed by atoms with Crippen molar-refractivity contribution in [3.05, 3.63) is 36.9 Å². The molecule has 13 heavy (non-hydrogen) atoms. The summed E-state index contributed by atoms with van der Waals surface area (Å²) in [6, 6.07) is 7.62. The van der Waals surface area contributed by atoms with Crippen molar-refractivity contribution < 1.29 is 9.15 Å². The van der Waals surface area contributed by atoms with Crippen LogP contribution in [0, 0.1) is 6.39 Å². The number of aromatic nitrogens is 1. The Morgan fingerprint density at radius 3 is 3.08 bits per heavy atom. The van der Waals surface area contributed by atoms with E-state index < -0.39 is 0 Å². The molecule has 1 aromatic heterocycles. The number of hydrogen-bond acceptors (Lipinski definition) is 3. The van der Waals surface area contributed by atoms with Gasteiger partial charge in [0.1, 0.15) is 17.7 Å². The molecule has 0 N–H and O–H groups in total. The SMILES string of the molecule is COc1cccc(-c2co[c]n2)c1. The quantitative estimate of drug-likeness (QED) is 0.699. The van der Waals surface area contributed by atoms with E-state index in [-0.39, 0.29) is 0 Å². The number of oxazole rings is 1. The molecule has 0 saturated carbocycles. The fourth-order valence-corrected chi connectivity index (χ4v) is 1.10. The van der Waals surface area contributed by atoms with Gasteiger partial charge in [-0.25, -0.2) is 4.98 Å². The zero-order chi connectivity index (χ0) is 9.10. The van der Waals surface area contributed by atoms with E-state index in [1.807, 2.05) is 24.3 Å². The first-order chi connectivity index (χ1) is 6.40. The van der Waals surface area contributed by atoms with Crippen molar-refractivity contribution in [1.29, 1.82) is 0 Å². The maximum absolute atomic E-state index is 5.08. The Labute approximate surface area is 76.0 Å². The first-order valence-corrected chi connectivity index (χ1v) is 3.86. The van der Waals surface area contributed by atoms with E-state index in [0.717, 1.165) is 17.0 Å². The summed E-state index contributed by atoms with van der Waals surface area (Å²) in [7, 11) is 1.63. The van der Waals surface area contributed by atoms with Crippen molar-refractivity contribution in [2.45, 2.75) is 0 Å². The summed E-state index contributed by atoms with van der Waals surface area (Å²) in [4.78, 5) is 3.91. The molecule has 1 aromatic carbocycles. The third kappa shape index (κ3) is 1.54. The van der Waals surface area contributed by atoms with Gasteiger partial charge in [0.05, 0.1) is 7.11 Å². The van der Waals surface area contributed by atoms with Gasteiger partial charge in [-0.1, -0.05) is 12.1 Å². The highest BCUT2D eigenvalue weighted by molar-refractivity contribution is 5.59. The van der Waals surface area contributed by atoms with Crippen LogP contribution in [0.3, 0.4) is 0 Å². The molecule has 0 aliphatic carbocycles. The van der Waals surface area contributed by atoms with Crippen LogP contribution in [0.4, 0.5) is 0 Å². The Morgan fingerprint density at radius 1 is 1.46 bits per heavy atom. The van der Waals surface area contributed by atoms with Crippen LogP contribution in [0.1, 0.15) is 0 Å². The Bertz CT molecular complexity index is 382. The predicted octanol–water partition coefficient (Wildman–Crippen LogP) is 2.15. The molecule has 0 unspecified atom stereocenters. The van der Waals surface area contributed by atoms with E-state index in [1.165, 1.54) is 0 Å². The van der Waals surface area contributed by atoms with Crippen LogP contribution in [0.5, 0.6) is 5.75 Å². The Balaban J connectivity index is 2.41. The van der Waals surface area contributed by atoms with Crippen LogP contribution in [0.15, 0.2) is 34.9 Å². The fourth-order valence-electron chi connectivity index (χ4n) is 1.10. The first-order valence-electron chi connectivity index (χ1n) is 3.86. The van der Waals surface area contributed by atoms with Crippen molar-refractivity contribution in [2.75, 3.05) is 7.11 Å². The molecule has 1 radical (unpaired) electrons. The van der Waals surface area contributed by atoms with Crippen molar-refractivity contribution in [3.8, 4) is 17.0 Å². The number of benzene rings is 1. The molecular weight excluding hydrogens is 166 g/mol. The molecule has 0 saturated heterocycles. The Kier molecular flexibility index (Phi) is 2.00. The highest BCUT2D eigenvalue weighted by atomic mass is 16.5. The second-order valence-corrected chi connectivity index (χ2v) is 2.56. The van der Waals surface area contributed by atoms with Gasteiger partial charge in [-0.3, -0.25) is 0 Å². The molecule has 3 nitrogen and oxygen atoms in total. The predicted molar refractivity (Wildman–Crippen MR) is 47.3 cm³/mol. The van der Waals surface area contributed by atoms with Gasteiger partial charge in [0.2, 0.25) is 0 Å². The van der Waals surface area contributed by atoms with Crippen molar-refractivity contribution >= 4 is 0 Å². The van der Waals surface area contributed by atoms with Crippen LogP contribution >= 0.6 is 0 Å². The second-order valence-electron chi connectivity index (χ2n) is 2.56. The standard InChI is InChI=1S/C10H8NO2/c1-12-9-4-2-3-8(5-9)10-6-13-7-11-10/h2-6H,1H3. The highest BCUT2D eigenvalue weighted by Crippen LogP contribution is 2.21. The Hall–Kier alpha value is -1.77. The largest absolute Gasteiger partial charge is 0.497 e. The lowest BCUT2D eigenvalue weighted by Gasteiger charge is -2.00. The zero-order valence-corrected chi connectivity index (χ0v) is 7.15. The van der Waals surface area contributed by atoms with Gasteiger partial charge in [0, 0.05) is 5.56 Å². The van der Waals surface area contributed by atoms with Crippen LogP contribution in [0.25, 0.3) is 11.3 Å². The summed E-state index contributed by atoms with van der Waals surface area (Å²) in [6.45, 7) is 0. The van der Waals surface area contributed by atoms with Crippen LogP contribution in [0.2, 0.25) is 0 Å². The minimum absolute atomic E-state index is 0.763. The summed E-state index contributed by atoms with van der Waals surface area (Å²) >= 11 is 0. The first kappa shape index (κ1) is 7.86. The number of hydrogen-bond donors (Lipinski definition) is 0. The lowest BCUT2D eigenvalue weighted by molar-refractivity contribution is 0.415. The van der Waals surface area contributed by atoms with Gasteiger partial charge in [-0.05, 0) is 12.1 Å². The molecular formula is C10H8NO2. The highest BCUT2D eigenvalue weighted by Gasteiger charge is 2.01. The number of nitrogens with zero attached hydrogens (tertiary/aromatic N) is 1. The monoisotopic (exact) mass is 174 g/mol. The fraction of sp³-hybridized carbons (Fsp3) is 0.100. The lowest BCUT2D eigenvalue weighted by Crippen LogP contribution is -1.83. The molecule has 2 rings (SSSR count). The maximum Gasteiger partial charge on any atom is 0.284 e. The minimum atomic E-state index is 0.763. The van der Waals surface area contributed by atoms with E-state index in [1.54, 1.807) is 13.4 Å². The van der Waals surface area contributed by atoms with Crippen molar-refractivity contribution in [3.63, 3.8) is 0 Å². The number of rotatable bonds is 2. The maximum atomic E-state index is 5.08. The third-order valence-corrected chi connectivity index (χ3v) is 1.75. The summed E-state index contributed by atoms with van der Waals surface area (Å²) in [5.74, 6) is 0.806. The topological polar surface area (TPSA) is 35.3 Å². The molecule has 1 heterocycles. The number of methoxy groups -OCH3 is 1. The van der Waals surface area contributed by atoms with E-state index in [4.69, 9.17) is 9.15 Å². The minimum Gasteiger partial charge on any atom is -0.497 e. The summed E-state index contributed by atoms with van der Waals surface area (Å²) in [5.41, 5.74) is 1.73. The van der Waals surface area contributed by atoms with E-state index in [0.29, 0.717) is 0 Å². The molecule has 0 aliphatic rings. The van der Waals surface area contributed by atoms with E-state index >= 15 is 0 Å². The third-order valence-electron chi connectivity index (χ3n) is 1.75. The van der Waals surface area contributed by atoms with Crippen LogP contribution in [-0.2, 0) is 0 Å². The van der Waals surface area contributed by atoms with E-state index in [2.05, 4.69) is 11.4 Å². The van der Waals surface area contributed by atoms with Crippen LogP contribution < -0.4 is 4.74 Å². The zero-order valence-electron chi connectivity index (χ0n) is 7.15. The average molecular weight is 174 g/mol. The average Bonchev–Trinajstić information content (AvgIpc) is 2.71. The van der Waals surface area contributed by atoms with E-state index in [9.17, 15) is 0 Å². The summed E-state index contributed by atoms with van der Waals surface area (Å²) < 4.78 is 9.85. The number of ether oxygens (including phenoxy) is 1. The molecule has 0 atom stereocenters. The smallest absolute Gasteiger partial charge is 0.284 e. The molecule has 0 spiro atoms. The molecule has 3 heteroatoms. The van der Waals surface area contributed by atoms with Gasteiger partial charge in [0.15, 0.2) is 0 Å². The van der Waals surface area contributed by atoms with Gasteiger partial charge in [0.25, 0.3) is 6.39 Å². The lowest BCUT2D eigenvalue weighted by atomic mass is 10.2. The molecule has 0 fully saturated rings. The molecule has 65 valence electrons. The second kappa shape index (κ2) is 3.31. The van der Waals surface area contributed by atoms with Gasteiger partial charge < -0.3 is 9.15 Å². The van der Waals surface area contributed by atoms with Crippen molar-refractivity contribution in [2.24, 2.45) is 0 Å².